The number of hydrogen-bond acceptors (Lipinski definition) is 3. The molecule has 5 nitrogen and oxygen atoms in total. The zero-order chi connectivity index (χ0) is 16.8. The first-order valence-corrected chi connectivity index (χ1v) is 7.43. The Kier molecular flexibility index (Phi) is 5.36. The molecule has 0 saturated carbocycles. The second-order valence-electron chi connectivity index (χ2n) is 5.45. The minimum Gasteiger partial charge on any atom is -0.481 e. The van der Waals surface area contributed by atoms with Crippen molar-refractivity contribution in [2.24, 2.45) is 0 Å². The molecular formula is C18H20N2O3. The van der Waals surface area contributed by atoms with Gasteiger partial charge in [-0.15, -0.1) is 0 Å². The lowest BCUT2D eigenvalue weighted by atomic mass is 10.0. The van der Waals surface area contributed by atoms with Crippen molar-refractivity contribution in [1.29, 1.82) is 0 Å². The molecule has 0 spiro atoms. The van der Waals surface area contributed by atoms with Crippen molar-refractivity contribution in [2.45, 2.75) is 19.8 Å². The topological polar surface area (TPSA) is 92.4 Å². The average Bonchev–Trinajstić information content (AvgIpc) is 2.51. The van der Waals surface area contributed by atoms with Crippen molar-refractivity contribution in [1.82, 2.24) is 5.32 Å². The molecule has 0 aliphatic carbocycles. The first kappa shape index (κ1) is 16.5. The molecule has 0 saturated heterocycles. The van der Waals surface area contributed by atoms with Gasteiger partial charge in [-0.2, -0.15) is 0 Å². The van der Waals surface area contributed by atoms with Gasteiger partial charge in [-0.05, 0) is 54.0 Å². The summed E-state index contributed by atoms with van der Waals surface area (Å²) < 4.78 is 0. The maximum Gasteiger partial charge on any atom is 0.303 e. The van der Waals surface area contributed by atoms with Gasteiger partial charge >= 0.3 is 5.97 Å². The van der Waals surface area contributed by atoms with E-state index < -0.39 is 5.97 Å². The molecule has 0 bridgehead atoms. The molecule has 23 heavy (non-hydrogen) atoms. The molecule has 0 unspecified atom stereocenters. The van der Waals surface area contributed by atoms with Crippen LogP contribution in [0.15, 0.2) is 42.0 Å². The molecule has 0 aliphatic heterocycles. The maximum atomic E-state index is 12.0. The fourth-order valence-corrected chi connectivity index (χ4v) is 2.27. The highest BCUT2D eigenvalue weighted by atomic mass is 16.4. The van der Waals surface area contributed by atoms with Crippen LogP contribution in [0, 0.1) is 0 Å². The van der Waals surface area contributed by atoms with Gasteiger partial charge in [-0.1, -0.05) is 18.2 Å². The summed E-state index contributed by atoms with van der Waals surface area (Å²) in [6.45, 7) is 2.09. The molecule has 5 heteroatoms. The summed E-state index contributed by atoms with van der Waals surface area (Å²) in [5.41, 5.74) is 7.99. The van der Waals surface area contributed by atoms with Crippen LogP contribution < -0.4 is 11.1 Å². The van der Waals surface area contributed by atoms with E-state index in [1.165, 1.54) is 0 Å². The van der Waals surface area contributed by atoms with Crippen molar-refractivity contribution < 1.29 is 14.7 Å². The number of nitrogen functional groups attached to an aromatic ring is 1. The molecule has 0 fully saturated rings. The number of hydrogen-bond donors (Lipinski definition) is 3. The smallest absolute Gasteiger partial charge is 0.303 e. The number of fused-ring (bicyclic) bond motifs is 1. The van der Waals surface area contributed by atoms with Crippen LogP contribution in [0.25, 0.3) is 16.8 Å². The SMILES string of the molecule is CC(=Cc1ccc2cc(N)ccc2c1)C(=O)NCCCC(=O)O. The van der Waals surface area contributed by atoms with Gasteiger partial charge in [0, 0.05) is 24.2 Å². The Morgan fingerprint density at radius 1 is 1.17 bits per heavy atom. The summed E-state index contributed by atoms with van der Waals surface area (Å²) in [5.74, 6) is -1.05. The molecule has 4 N–H and O–H groups in total. The lowest BCUT2D eigenvalue weighted by molar-refractivity contribution is -0.137. The summed E-state index contributed by atoms with van der Waals surface area (Å²) in [7, 11) is 0. The number of benzene rings is 2. The number of carboxylic acid groups (broad SMARTS) is 1. The third-order valence-corrected chi connectivity index (χ3v) is 3.48. The fraction of sp³-hybridized carbons (Fsp3) is 0.222. The summed E-state index contributed by atoms with van der Waals surface area (Å²) in [5, 5.41) is 13.4. The highest BCUT2D eigenvalue weighted by Crippen LogP contribution is 2.20. The summed E-state index contributed by atoms with van der Waals surface area (Å²) in [6.07, 6.45) is 2.28. The molecule has 0 radical (unpaired) electrons. The molecule has 1 amide bonds. The van der Waals surface area contributed by atoms with Gasteiger partial charge in [0.1, 0.15) is 0 Å². The van der Waals surface area contributed by atoms with Gasteiger partial charge in [0.25, 0.3) is 0 Å². The fourth-order valence-electron chi connectivity index (χ4n) is 2.27. The number of nitrogens with one attached hydrogen (secondary N) is 1. The normalized spacial score (nSPS) is 11.4. The van der Waals surface area contributed by atoms with E-state index in [0.29, 0.717) is 18.5 Å². The van der Waals surface area contributed by atoms with E-state index in [1.54, 1.807) is 6.92 Å². The van der Waals surface area contributed by atoms with Crippen molar-refractivity contribution in [3.63, 3.8) is 0 Å². The van der Waals surface area contributed by atoms with E-state index in [9.17, 15) is 9.59 Å². The second-order valence-corrected chi connectivity index (χ2v) is 5.45. The van der Waals surface area contributed by atoms with E-state index in [-0.39, 0.29) is 12.3 Å². The molecule has 0 aliphatic rings. The Morgan fingerprint density at radius 2 is 1.87 bits per heavy atom. The predicted molar refractivity (Wildman–Crippen MR) is 91.9 cm³/mol. The number of carbonyl (C=O) groups excluding carboxylic acids is 1. The minimum atomic E-state index is -0.858. The highest BCUT2D eigenvalue weighted by Gasteiger charge is 2.05. The quantitative estimate of drug-likeness (QED) is 0.434. The first-order valence-electron chi connectivity index (χ1n) is 7.43. The Hall–Kier alpha value is -2.82. The van der Waals surface area contributed by atoms with E-state index in [1.807, 2.05) is 42.5 Å². The number of aliphatic carboxylic acids is 1. The molecule has 120 valence electrons. The van der Waals surface area contributed by atoms with Crippen LogP contribution >= 0.6 is 0 Å². The van der Waals surface area contributed by atoms with Crippen LogP contribution in [0.4, 0.5) is 5.69 Å². The standard InChI is InChI=1S/C18H20N2O3/c1-12(18(23)20-8-2-3-17(21)22)9-13-4-5-15-11-16(19)7-6-14(15)10-13/h4-7,9-11H,2-3,8,19H2,1H3,(H,20,23)(H,21,22). The van der Waals surface area contributed by atoms with E-state index in [4.69, 9.17) is 10.8 Å². The Labute approximate surface area is 134 Å². The Balaban J connectivity index is 2.03. The first-order chi connectivity index (χ1) is 11.0. The van der Waals surface area contributed by atoms with Gasteiger partial charge in [0.05, 0.1) is 0 Å². The van der Waals surface area contributed by atoms with Gasteiger partial charge in [-0.3, -0.25) is 9.59 Å². The van der Waals surface area contributed by atoms with Crippen LogP contribution in [0.2, 0.25) is 0 Å². The zero-order valence-electron chi connectivity index (χ0n) is 13.0. The Morgan fingerprint density at radius 3 is 2.61 bits per heavy atom. The molecule has 2 aromatic rings. The number of nitrogens with two attached hydrogens (primary N) is 1. The van der Waals surface area contributed by atoms with Crippen LogP contribution in [0.3, 0.4) is 0 Å². The predicted octanol–water partition coefficient (Wildman–Crippen LogP) is 2.81. The van der Waals surface area contributed by atoms with Gasteiger partial charge < -0.3 is 16.2 Å². The monoisotopic (exact) mass is 312 g/mol. The van der Waals surface area contributed by atoms with Crippen molar-refractivity contribution in [3.8, 4) is 0 Å². The van der Waals surface area contributed by atoms with E-state index >= 15 is 0 Å². The largest absolute Gasteiger partial charge is 0.481 e. The van der Waals surface area contributed by atoms with Gasteiger partial charge in [0.2, 0.25) is 5.91 Å². The maximum absolute atomic E-state index is 12.0. The number of carbonyl (C=O) groups is 2. The summed E-state index contributed by atoms with van der Waals surface area (Å²) in [6, 6.07) is 11.6. The van der Waals surface area contributed by atoms with Crippen LogP contribution in [-0.4, -0.2) is 23.5 Å². The number of amides is 1. The molecule has 2 rings (SSSR count). The van der Waals surface area contributed by atoms with Crippen molar-refractivity contribution >= 4 is 34.4 Å². The van der Waals surface area contributed by atoms with Crippen LogP contribution in [0.5, 0.6) is 0 Å². The second kappa shape index (κ2) is 7.45. The number of anilines is 1. The number of carboxylic acids is 1. The lowest BCUT2D eigenvalue weighted by Gasteiger charge is -2.05. The molecule has 2 aromatic carbocycles. The summed E-state index contributed by atoms with van der Waals surface area (Å²) in [4.78, 5) is 22.4. The summed E-state index contributed by atoms with van der Waals surface area (Å²) >= 11 is 0. The molecule has 0 aromatic heterocycles. The molecule has 0 heterocycles. The third kappa shape index (κ3) is 4.85. The molecule has 0 atom stereocenters. The minimum absolute atomic E-state index is 0.0524. The highest BCUT2D eigenvalue weighted by molar-refractivity contribution is 5.98. The van der Waals surface area contributed by atoms with Crippen LogP contribution in [-0.2, 0) is 9.59 Å². The van der Waals surface area contributed by atoms with E-state index in [2.05, 4.69) is 5.32 Å². The lowest BCUT2D eigenvalue weighted by Crippen LogP contribution is -2.25. The third-order valence-electron chi connectivity index (χ3n) is 3.48. The van der Waals surface area contributed by atoms with Crippen LogP contribution in [0.1, 0.15) is 25.3 Å². The van der Waals surface area contributed by atoms with Crippen molar-refractivity contribution in [3.05, 3.63) is 47.5 Å². The Bertz CT molecular complexity index is 766. The number of rotatable bonds is 6. The van der Waals surface area contributed by atoms with E-state index in [0.717, 1.165) is 22.0 Å². The zero-order valence-corrected chi connectivity index (χ0v) is 13.0. The van der Waals surface area contributed by atoms with Crippen molar-refractivity contribution in [2.75, 3.05) is 12.3 Å². The molecular weight excluding hydrogens is 292 g/mol. The average molecular weight is 312 g/mol. The van der Waals surface area contributed by atoms with Gasteiger partial charge in [-0.25, -0.2) is 0 Å². The van der Waals surface area contributed by atoms with Gasteiger partial charge in [0.15, 0.2) is 0 Å².